The van der Waals surface area contributed by atoms with Crippen molar-refractivity contribution in [3.05, 3.63) is 0 Å². The summed E-state index contributed by atoms with van der Waals surface area (Å²) in [5, 5.41) is 2.49. The van der Waals surface area contributed by atoms with Crippen LogP contribution in [0.5, 0.6) is 0 Å². The molecule has 0 unspecified atom stereocenters. The number of carbonyl (C=O) groups excluding carboxylic acids is 2. The summed E-state index contributed by atoms with van der Waals surface area (Å²) in [6.45, 7) is 7.11. The van der Waals surface area contributed by atoms with Gasteiger partial charge in [-0.3, -0.25) is 4.79 Å². The van der Waals surface area contributed by atoms with Crippen LogP contribution in [0.25, 0.3) is 0 Å². The van der Waals surface area contributed by atoms with Crippen LogP contribution in [0.1, 0.15) is 27.7 Å². The summed E-state index contributed by atoms with van der Waals surface area (Å²) >= 11 is 0. The highest BCUT2D eigenvalue weighted by molar-refractivity contribution is 5.91. The molecule has 1 amide bonds. The normalized spacial score (nSPS) is 15.1. The number of Topliss-reactive ketones (excluding diaryl/α,β-unsaturated/α-hetero) is 1. The largest absolute Gasteiger partial charge is 0.453 e. The third kappa shape index (κ3) is 4.18. The number of alkyl carbamates (subject to hydrolysis) is 1. The van der Waals surface area contributed by atoms with E-state index in [1.165, 1.54) is 14.2 Å². The van der Waals surface area contributed by atoms with Crippen LogP contribution in [-0.4, -0.2) is 38.2 Å². The summed E-state index contributed by atoms with van der Waals surface area (Å²) in [7, 11) is 2.75. The van der Waals surface area contributed by atoms with Crippen molar-refractivity contribution < 1.29 is 19.1 Å². The average molecular weight is 231 g/mol. The zero-order valence-electron chi connectivity index (χ0n) is 10.8. The van der Waals surface area contributed by atoms with Crippen molar-refractivity contribution in [2.45, 2.75) is 39.8 Å². The van der Waals surface area contributed by atoms with E-state index in [0.29, 0.717) is 0 Å². The van der Waals surface area contributed by atoms with Crippen LogP contribution in [0, 0.1) is 5.41 Å². The van der Waals surface area contributed by atoms with Crippen LogP contribution in [0.3, 0.4) is 0 Å². The molecule has 5 heteroatoms. The Bertz CT molecular complexity index is 257. The van der Waals surface area contributed by atoms with Crippen molar-refractivity contribution in [2.75, 3.05) is 14.2 Å². The van der Waals surface area contributed by atoms with E-state index >= 15 is 0 Å². The van der Waals surface area contributed by atoms with Gasteiger partial charge in [0.05, 0.1) is 13.2 Å². The van der Waals surface area contributed by atoms with Crippen molar-refractivity contribution >= 4 is 11.9 Å². The maximum Gasteiger partial charge on any atom is 0.407 e. The molecule has 2 atom stereocenters. The number of amides is 1. The fourth-order valence-electron chi connectivity index (χ4n) is 1.18. The zero-order valence-corrected chi connectivity index (χ0v) is 10.8. The van der Waals surface area contributed by atoms with Gasteiger partial charge in [-0.15, -0.1) is 0 Å². The quantitative estimate of drug-likeness (QED) is 0.793. The Labute approximate surface area is 96.5 Å². The Hall–Kier alpha value is -1.10. The molecular weight excluding hydrogens is 210 g/mol. The first-order chi connectivity index (χ1) is 7.23. The number of ketones is 1. The van der Waals surface area contributed by atoms with Gasteiger partial charge in [-0.25, -0.2) is 4.79 Å². The van der Waals surface area contributed by atoms with Crippen LogP contribution in [-0.2, 0) is 14.3 Å². The van der Waals surface area contributed by atoms with E-state index in [9.17, 15) is 9.59 Å². The minimum Gasteiger partial charge on any atom is -0.453 e. The first-order valence-corrected chi connectivity index (χ1v) is 5.15. The summed E-state index contributed by atoms with van der Waals surface area (Å²) < 4.78 is 9.56. The van der Waals surface area contributed by atoms with Crippen LogP contribution in [0.15, 0.2) is 0 Å². The number of hydrogen-bond acceptors (Lipinski definition) is 4. The van der Waals surface area contributed by atoms with Crippen molar-refractivity contribution in [3.63, 3.8) is 0 Å². The Kier molecular flexibility index (Phi) is 5.44. The van der Waals surface area contributed by atoms with Crippen molar-refractivity contribution in [1.29, 1.82) is 0 Å². The highest BCUT2D eigenvalue weighted by Crippen LogP contribution is 2.19. The zero-order chi connectivity index (χ0) is 12.9. The maximum atomic E-state index is 12.1. The van der Waals surface area contributed by atoms with E-state index in [1.54, 1.807) is 27.7 Å². The molecule has 0 saturated heterocycles. The molecule has 94 valence electrons. The van der Waals surface area contributed by atoms with E-state index in [-0.39, 0.29) is 5.78 Å². The van der Waals surface area contributed by atoms with Crippen molar-refractivity contribution in [1.82, 2.24) is 5.32 Å². The molecule has 16 heavy (non-hydrogen) atoms. The molecule has 5 nitrogen and oxygen atoms in total. The monoisotopic (exact) mass is 231 g/mol. The lowest BCUT2D eigenvalue weighted by molar-refractivity contribution is -0.131. The van der Waals surface area contributed by atoms with Gasteiger partial charge in [0.2, 0.25) is 0 Å². The van der Waals surface area contributed by atoms with Crippen LogP contribution < -0.4 is 5.32 Å². The average Bonchev–Trinajstić information content (AvgIpc) is 2.22. The molecule has 0 aromatic rings. The molecule has 0 aliphatic rings. The van der Waals surface area contributed by atoms with Gasteiger partial charge in [0.15, 0.2) is 5.78 Å². The number of nitrogens with one attached hydrogen (secondary N) is 1. The molecular formula is C11H21NO4. The molecule has 0 rings (SSSR count). The van der Waals surface area contributed by atoms with E-state index in [4.69, 9.17) is 4.74 Å². The molecule has 1 N–H and O–H groups in total. The minimum absolute atomic E-state index is 0.0905. The summed E-state index contributed by atoms with van der Waals surface area (Å²) in [6.07, 6.45) is -1.03. The van der Waals surface area contributed by atoms with Gasteiger partial charge < -0.3 is 14.8 Å². The molecule has 0 aliphatic heterocycles. The predicted octanol–water partition coefficient (Wildman–Crippen LogP) is 1.36. The van der Waals surface area contributed by atoms with Gasteiger partial charge >= 0.3 is 6.09 Å². The van der Waals surface area contributed by atoms with E-state index in [0.717, 1.165) is 0 Å². The van der Waals surface area contributed by atoms with Gasteiger partial charge in [0.25, 0.3) is 0 Å². The lowest BCUT2D eigenvalue weighted by Gasteiger charge is -2.28. The van der Waals surface area contributed by atoms with Crippen LogP contribution in [0.4, 0.5) is 4.79 Å². The second-order valence-corrected chi connectivity index (χ2v) is 4.67. The van der Waals surface area contributed by atoms with Gasteiger partial charge in [-0.2, -0.15) is 0 Å². The van der Waals surface area contributed by atoms with Gasteiger partial charge in [-0.1, -0.05) is 20.8 Å². The topological polar surface area (TPSA) is 64.6 Å². The van der Waals surface area contributed by atoms with E-state index < -0.39 is 23.7 Å². The van der Waals surface area contributed by atoms with E-state index in [2.05, 4.69) is 10.1 Å². The standard InChI is InChI=1S/C11H21NO4/c1-7(15-5)8(12-10(14)16-6)9(13)11(2,3)4/h7-8H,1-6H3,(H,12,14)/t7-,8-/m1/s1. The highest BCUT2D eigenvalue weighted by atomic mass is 16.5. The summed E-state index contributed by atoms with van der Waals surface area (Å²) in [5.74, 6) is -0.0905. The lowest BCUT2D eigenvalue weighted by Crippen LogP contribution is -2.52. The molecule has 0 radical (unpaired) electrons. The van der Waals surface area contributed by atoms with Gasteiger partial charge in [-0.05, 0) is 6.92 Å². The Morgan fingerprint density at radius 2 is 1.69 bits per heavy atom. The number of rotatable bonds is 4. The fourth-order valence-corrected chi connectivity index (χ4v) is 1.18. The van der Waals surface area contributed by atoms with Crippen molar-refractivity contribution in [2.24, 2.45) is 5.41 Å². The first-order valence-electron chi connectivity index (χ1n) is 5.15. The number of methoxy groups -OCH3 is 2. The predicted molar refractivity (Wildman–Crippen MR) is 60.3 cm³/mol. The van der Waals surface area contributed by atoms with E-state index in [1.807, 2.05) is 0 Å². The first kappa shape index (κ1) is 14.9. The number of carbonyl (C=O) groups is 2. The molecule has 0 aromatic heterocycles. The second-order valence-electron chi connectivity index (χ2n) is 4.67. The summed E-state index contributed by atoms with van der Waals surface area (Å²) in [5.41, 5.74) is -0.543. The number of ether oxygens (including phenoxy) is 2. The second kappa shape index (κ2) is 5.84. The maximum absolute atomic E-state index is 12.1. The third-order valence-electron chi connectivity index (χ3n) is 2.32. The highest BCUT2D eigenvalue weighted by Gasteiger charge is 2.34. The SMILES string of the molecule is COC(=O)N[C@@H](C(=O)C(C)(C)C)[C@@H](C)OC. The molecule has 0 saturated carbocycles. The molecule has 0 aliphatic carbocycles. The summed E-state index contributed by atoms with van der Waals surface area (Å²) in [6, 6.07) is -0.697. The van der Waals surface area contributed by atoms with Crippen molar-refractivity contribution in [3.8, 4) is 0 Å². The Morgan fingerprint density at radius 3 is 2.00 bits per heavy atom. The smallest absolute Gasteiger partial charge is 0.407 e. The van der Waals surface area contributed by atoms with Gasteiger partial charge in [0.1, 0.15) is 6.04 Å². The third-order valence-corrected chi connectivity index (χ3v) is 2.32. The fraction of sp³-hybridized carbons (Fsp3) is 0.818. The molecule has 0 fully saturated rings. The number of hydrogen-bond donors (Lipinski definition) is 1. The van der Waals surface area contributed by atoms with Crippen LogP contribution >= 0.6 is 0 Å². The van der Waals surface area contributed by atoms with Gasteiger partial charge in [0, 0.05) is 12.5 Å². The Balaban J connectivity index is 4.81. The minimum atomic E-state index is -0.697. The molecule has 0 bridgehead atoms. The Morgan fingerprint density at radius 1 is 1.19 bits per heavy atom. The summed E-state index contributed by atoms with van der Waals surface area (Å²) in [4.78, 5) is 23.2. The molecule has 0 spiro atoms. The lowest BCUT2D eigenvalue weighted by atomic mass is 9.85. The molecule has 0 heterocycles. The van der Waals surface area contributed by atoms with Crippen LogP contribution in [0.2, 0.25) is 0 Å². The molecule has 0 aromatic carbocycles.